The fourth-order valence-corrected chi connectivity index (χ4v) is 1.91. The van der Waals surface area contributed by atoms with E-state index in [1.165, 1.54) is 0 Å². The lowest BCUT2D eigenvalue weighted by atomic mass is 10.0. The molecule has 1 aromatic carbocycles. The van der Waals surface area contributed by atoms with Crippen molar-refractivity contribution in [3.05, 3.63) is 35.9 Å². The van der Waals surface area contributed by atoms with Crippen LogP contribution in [-0.2, 0) is 14.3 Å². The second-order valence-corrected chi connectivity index (χ2v) is 5.02. The van der Waals surface area contributed by atoms with Crippen molar-refractivity contribution in [2.45, 2.75) is 52.2 Å². The minimum Gasteiger partial charge on any atom is -0.463 e. The fourth-order valence-electron chi connectivity index (χ4n) is 1.91. The SMILES string of the molecule is CCCC(=O)NC(CC(=O)OC(C)C)c1ccccc1. The maximum Gasteiger partial charge on any atom is 0.308 e. The molecule has 0 heterocycles. The maximum atomic E-state index is 11.8. The molecule has 20 heavy (non-hydrogen) atoms. The number of amides is 1. The highest BCUT2D eigenvalue weighted by Gasteiger charge is 2.19. The zero-order valence-corrected chi connectivity index (χ0v) is 12.4. The zero-order chi connectivity index (χ0) is 15.0. The molecule has 0 aliphatic rings. The molecular weight excluding hydrogens is 254 g/mol. The Morgan fingerprint density at radius 1 is 1.20 bits per heavy atom. The van der Waals surface area contributed by atoms with Crippen molar-refractivity contribution in [1.29, 1.82) is 0 Å². The van der Waals surface area contributed by atoms with E-state index in [-0.39, 0.29) is 30.4 Å². The Labute approximate surface area is 120 Å². The fraction of sp³-hybridized carbons (Fsp3) is 0.500. The van der Waals surface area contributed by atoms with Gasteiger partial charge in [0.2, 0.25) is 5.91 Å². The molecule has 0 bridgehead atoms. The van der Waals surface area contributed by atoms with Gasteiger partial charge in [-0.15, -0.1) is 0 Å². The molecule has 1 unspecified atom stereocenters. The normalized spacial score (nSPS) is 12.0. The number of ether oxygens (including phenoxy) is 1. The number of carbonyl (C=O) groups excluding carboxylic acids is 2. The number of rotatable bonds is 7. The van der Waals surface area contributed by atoms with Crippen molar-refractivity contribution in [2.24, 2.45) is 0 Å². The number of hydrogen-bond acceptors (Lipinski definition) is 3. The van der Waals surface area contributed by atoms with E-state index in [1.54, 1.807) is 0 Å². The van der Waals surface area contributed by atoms with Crippen LogP contribution >= 0.6 is 0 Å². The van der Waals surface area contributed by atoms with Crippen LogP contribution in [0.1, 0.15) is 51.6 Å². The average molecular weight is 277 g/mol. The van der Waals surface area contributed by atoms with Crippen molar-refractivity contribution < 1.29 is 14.3 Å². The molecule has 0 aliphatic heterocycles. The van der Waals surface area contributed by atoms with Gasteiger partial charge in [0.25, 0.3) is 0 Å². The minimum atomic E-state index is -0.332. The smallest absolute Gasteiger partial charge is 0.308 e. The molecule has 1 amide bonds. The molecule has 1 rings (SSSR count). The van der Waals surface area contributed by atoms with Gasteiger partial charge in [0, 0.05) is 6.42 Å². The average Bonchev–Trinajstić information content (AvgIpc) is 2.38. The highest BCUT2D eigenvalue weighted by Crippen LogP contribution is 2.18. The number of esters is 1. The standard InChI is InChI=1S/C16H23NO3/c1-4-8-15(18)17-14(11-16(19)20-12(2)3)13-9-6-5-7-10-13/h5-7,9-10,12,14H,4,8,11H2,1-3H3,(H,17,18). The van der Waals surface area contributed by atoms with Crippen LogP contribution in [0.3, 0.4) is 0 Å². The molecule has 0 spiro atoms. The first-order valence-corrected chi connectivity index (χ1v) is 7.06. The van der Waals surface area contributed by atoms with Crippen molar-refractivity contribution in [3.63, 3.8) is 0 Å². The molecule has 0 aliphatic carbocycles. The molecule has 0 fully saturated rings. The third-order valence-electron chi connectivity index (χ3n) is 2.75. The Hall–Kier alpha value is -1.84. The van der Waals surface area contributed by atoms with Gasteiger partial charge >= 0.3 is 5.97 Å². The van der Waals surface area contributed by atoms with Gasteiger partial charge in [-0.1, -0.05) is 37.3 Å². The third kappa shape index (κ3) is 5.87. The van der Waals surface area contributed by atoms with E-state index >= 15 is 0 Å². The number of carbonyl (C=O) groups is 2. The van der Waals surface area contributed by atoms with Crippen LogP contribution < -0.4 is 5.32 Å². The highest BCUT2D eigenvalue weighted by atomic mass is 16.5. The first-order chi connectivity index (χ1) is 9.52. The molecule has 1 N–H and O–H groups in total. The van der Waals surface area contributed by atoms with Gasteiger partial charge in [-0.2, -0.15) is 0 Å². The van der Waals surface area contributed by atoms with Gasteiger partial charge in [0.05, 0.1) is 18.6 Å². The summed E-state index contributed by atoms with van der Waals surface area (Å²) in [6.07, 6.45) is 1.24. The van der Waals surface area contributed by atoms with Gasteiger partial charge in [-0.3, -0.25) is 9.59 Å². The van der Waals surface area contributed by atoms with Crippen LogP contribution in [0.25, 0.3) is 0 Å². The lowest BCUT2D eigenvalue weighted by molar-refractivity contribution is -0.148. The van der Waals surface area contributed by atoms with Crippen LogP contribution in [0.5, 0.6) is 0 Å². The summed E-state index contributed by atoms with van der Waals surface area (Å²) >= 11 is 0. The summed E-state index contributed by atoms with van der Waals surface area (Å²) in [7, 11) is 0. The summed E-state index contributed by atoms with van der Waals surface area (Å²) in [5, 5.41) is 2.90. The second kappa shape index (κ2) is 8.35. The van der Waals surface area contributed by atoms with Crippen molar-refractivity contribution in [2.75, 3.05) is 0 Å². The third-order valence-corrected chi connectivity index (χ3v) is 2.75. The molecule has 4 heteroatoms. The van der Waals surface area contributed by atoms with Gasteiger partial charge in [0.1, 0.15) is 0 Å². The first kappa shape index (κ1) is 16.2. The van der Waals surface area contributed by atoms with Gasteiger partial charge in [0.15, 0.2) is 0 Å². The summed E-state index contributed by atoms with van der Waals surface area (Å²) in [6.45, 7) is 5.57. The minimum absolute atomic E-state index is 0.0429. The van der Waals surface area contributed by atoms with E-state index in [2.05, 4.69) is 5.32 Å². The Bertz CT molecular complexity index is 429. The molecule has 0 saturated heterocycles. The van der Waals surface area contributed by atoms with E-state index in [4.69, 9.17) is 4.74 Å². The molecule has 1 atom stereocenters. The number of nitrogens with one attached hydrogen (secondary N) is 1. The van der Waals surface area contributed by atoms with E-state index < -0.39 is 0 Å². The predicted octanol–water partition coefficient (Wildman–Crippen LogP) is 2.99. The molecule has 0 saturated carbocycles. The van der Waals surface area contributed by atoms with E-state index in [0.29, 0.717) is 6.42 Å². The van der Waals surface area contributed by atoms with Crippen molar-refractivity contribution >= 4 is 11.9 Å². The van der Waals surface area contributed by atoms with E-state index in [0.717, 1.165) is 12.0 Å². The van der Waals surface area contributed by atoms with Gasteiger partial charge in [-0.05, 0) is 25.8 Å². The van der Waals surface area contributed by atoms with Crippen LogP contribution in [-0.4, -0.2) is 18.0 Å². The van der Waals surface area contributed by atoms with Crippen LogP contribution in [0, 0.1) is 0 Å². The summed E-state index contributed by atoms with van der Waals surface area (Å²) < 4.78 is 5.15. The molecule has 110 valence electrons. The lowest BCUT2D eigenvalue weighted by Gasteiger charge is -2.19. The lowest BCUT2D eigenvalue weighted by Crippen LogP contribution is -2.30. The Kier molecular flexibility index (Phi) is 6.77. The first-order valence-electron chi connectivity index (χ1n) is 7.06. The summed E-state index contributed by atoms with van der Waals surface area (Å²) in [6, 6.07) is 9.16. The van der Waals surface area contributed by atoms with E-state index in [1.807, 2.05) is 51.1 Å². The monoisotopic (exact) mass is 277 g/mol. The second-order valence-electron chi connectivity index (χ2n) is 5.02. The van der Waals surface area contributed by atoms with Crippen LogP contribution in [0.2, 0.25) is 0 Å². The summed E-state index contributed by atoms with van der Waals surface area (Å²) in [5.41, 5.74) is 0.914. The molecule has 1 aromatic rings. The zero-order valence-electron chi connectivity index (χ0n) is 12.4. The Morgan fingerprint density at radius 3 is 2.40 bits per heavy atom. The largest absolute Gasteiger partial charge is 0.463 e. The topological polar surface area (TPSA) is 55.4 Å². The van der Waals surface area contributed by atoms with Crippen molar-refractivity contribution in [3.8, 4) is 0 Å². The van der Waals surface area contributed by atoms with Crippen LogP contribution in [0.15, 0.2) is 30.3 Å². The Morgan fingerprint density at radius 2 is 1.85 bits per heavy atom. The molecular formula is C16H23NO3. The molecule has 0 aromatic heterocycles. The Balaban J connectivity index is 2.74. The van der Waals surface area contributed by atoms with Crippen LogP contribution in [0.4, 0.5) is 0 Å². The molecule has 4 nitrogen and oxygen atoms in total. The number of hydrogen-bond donors (Lipinski definition) is 1. The summed E-state index contributed by atoms with van der Waals surface area (Å²) in [5.74, 6) is -0.343. The maximum absolute atomic E-state index is 11.8. The quantitative estimate of drug-likeness (QED) is 0.779. The highest BCUT2D eigenvalue weighted by molar-refractivity contribution is 5.78. The van der Waals surface area contributed by atoms with Gasteiger partial charge < -0.3 is 10.1 Å². The predicted molar refractivity (Wildman–Crippen MR) is 78.1 cm³/mol. The molecule has 0 radical (unpaired) electrons. The summed E-state index contributed by atoms with van der Waals surface area (Å²) in [4.78, 5) is 23.6. The van der Waals surface area contributed by atoms with Crippen molar-refractivity contribution in [1.82, 2.24) is 5.32 Å². The van der Waals surface area contributed by atoms with E-state index in [9.17, 15) is 9.59 Å². The number of benzene rings is 1. The van der Waals surface area contributed by atoms with Gasteiger partial charge in [-0.25, -0.2) is 0 Å².